The maximum Gasteiger partial charge on any atom is 0.416 e. The van der Waals surface area contributed by atoms with Crippen LogP contribution in [0.2, 0.25) is 0 Å². The number of aryl methyl sites for hydroxylation is 1. The van der Waals surface area contributed by atoms with Gasteiger partial charge in [0.25, 0.3) is 5.56 Å². The number of methoxy groups -OCH3 is 1. The smallest absolute Gasteiger partial charge is 0.416 e. The minimum atomic E-state index is -4.55. The molecule has 0 saturated heterocycles. The Bertz CT molecular complexity index is 1680. The Kier molecular flexibility index (Phi) is 7.26. The SMILES string of the molecule is COC(=O)C1CN(Cc2ccccc2)c2c(-c3cccc(C(F)(F)F)c3)c(CN3CCCc4ccccc43)cc(=O)n21. The average molecular weight is 574 g/mol. The third-order valence-corrected chi connectivity index (χ3v) is 8.05. The number of hydrogen-bond donors (Lipinski definition) is 0. The van der Waals surface area contributed by atoms with Crippen LogP contribution in [-0.4, -0.2) is 30.7 Å². The number of ether oxygens (including phenoxy) is 1. The maximum atomic E-state index is 13.9. The van der Waals surface area contributed by atoms with Crippen molar-refractivity contribution in [2.45, 2.75) is 38.1 Å². The summed E-state index contributed by atoms with van der Waals surface area (Å²) in [7, 11) is 1.27. The first-order chi connectivity index (χ1) is 20.2. The van der Waals surface area contributed by atoms with Crippen molar-refractivity contribution in [3.8, 4) is 11.1 Å². The van der Waals surface area contributed by atoms with Gasteiger partial charge in [0.1, 0.15) is 5.82 Å². The highest BCUT2D eigenvalue weighted by Crippen LogP contribution is 2.43. The molecule has 0 fully saturated rings. The third-order valence-electron chi connectivity index (χ3n) is 8.05. The Hall–Kier alpha value is -4.53. The summed E-state index contributed by atoms with van der Waals surface area (Å²) in [5.74, 6) is -0.164. The van der Waals surface area contributed by atoms with E-state index in [0.29, 0.717) is 35.6 Å². The van der Waals surface area contributed by atoms with E-state index in [0.717, 1.165) is 42.8 Å². The van der Waals surface area contributed by atoms with Crippen molar-refractivity contribution in [1.82, 2.24) is 4.57 Å². The Morgan fingerprint density at radius 1 is 0.929 bits per heavy atom. The zero-order chi connectivity index (χ0) is 29.4. The van der Waals surface area contributed by atoms with Gasteiger partial charge in [0, 0.05) is 37.0 Å². The molecular formula is C33H30F3N3O3. The molecule has 0 amide bonds. The van der Waals surface area contributed by atoms with Crippen molar-refractivity contribution < 1.29 is 22.7 Å². The van der Waals surface area contributed by atoms with Gasteiger partial charge in [-0.05, 0) is 53.3 Å². The minimum Gasteiger partial charge on any atom is -0.467 e. The van der Waals surface area contributed by atoms with Crippen molar-refractivity contribution in [1.29, 1.82) is 0 Å². The van der Waals surface area contributed by atoms with Crippen LogP contribution in [0.1, 0.15) is 34.7 Å². The number of rotatable bonds is 6. The standard InChI is InChI=1S/C33H30F3N3O3/c1-42-32(41)28-21-38(19-22-9-3-2-4-10-22)31-30(24-12-7-14-26(17-24)33(34,35)36)25(18-29(40)39(28)31)20-37-16-8-13-23-11-5-6-15-27(23)37/h2-7,9-12,14-15,17-18,28H,8,13,16,19-21H2,1H3. The highest BCUT2D eigenvalue weighted by Gasteiger charge is 2.39. The van der Waals surface area contributed by atoms with Crippen molar-refractivity contribution in [2.24, 2.45) is 0 Å². The summed E-state index contributed by atoms with van der Waals surface area (Å²) in [6, 6.07) is 23.4. The summed E-state index contributed by atoms with van der Waals surface area (Å²) in [4.78, 5) is 30.8. The van der Waals surface area contributed by atoms with Gasteiger partial charge in [-0.2, -0.15) is 13.2 Å². The van der Waals surface area contributed by atoms with Crippen molar-refractivity contribution in [2.75, 3.05) is 30.0 Å². The first-order valence-corrected chi connectivity index (χ1v) is 13.9. The molecule has 0 aliphatic carbocycles. The van der Waals surface area contributed by atoms with E-state index in [1.54, 1.807) is 6.07 Å². The van der Waals surface area contributed by atoms with Gasteiger partial charge in [0.2, 0.25) is 0 Å². The van der Waals surface area contributed by atoms with Crippen LogP contribution in [0.5, 0.6) is 0 Å². The molecule has 6 nitrogen and oxygen atoms in total. The lowest BCUT2D eigenvalue weighted by atomic mass is 9.96. The number of alkyl halides is 3. The molecular weight excluding hydrogens is 543 g/mol. The molecule has 0 bridgehead atoms. The van der Waals surface area contributed by atoms with Gasteiger partial charge >= 0.3 is 12.1 Å². The fourth-order valence-corrected chi connectivity index (χ4v) is 6.18. The summed E-state index contributed by atoms with van der Waals surface area (Å²) in [5.41, 5.74) is 3.44. The van der Waals surface area contributed by atoms with E-state index < -0.39 is 29.3 Å². The second-order valence-corrected chi connectivity index (χ2v) is 10.7. The highest BCUT2D eigenvalue weighted by atomic mass is 19.4. The quantitative estimate of drug-likeness (QED) is 0.257. The monoisotopic (exact) mass is 573 g/mol. The Morgan fingerprint density at radius 2 is 1.69 bits per heavy atom. The number of anilines is 2. The molecule has 1 aromatic heterocycles. The van der Waals surface area contributed by atoms with Crippen LogP contribution in [0, 0.1) is 0 Å². The lowest BCUT2D eigenvalue weighted by Gasteiger charge is -2.33. The molecule has 216 valence electrons. The number of nitrogens with zero attached hydrogens (tertiary/aromatic N) is 3. The van der Waals surface area contributed by atoms with Crippen LogP contribution in [0.4, 0.5) is 24.7 Å². The molecule has 9 heteroatoms. The van der Waals surface area contributed by atoms with Crippen LogP contribution in [-0.2, 0) is 35.2 Å². The minimum absolute atomic E-state index is 0.152. The van der Waals surface area contributed by atoms with E-state index in [4.69, 9.17) is 4.74 Å². The number of carbonyl (C=O) groups excluding carboxylic acids is 1. The summed E-state index contributed by atoms with van der Waals surface area (Å²) in [6.45, 7) is 1.58. The molecule has 0 radical (unpaired) electrons. The molecule has 1 atom stereocenters. The van der Waals surface area contributed by atoms with E-state index in [9.17, 15) is 22.8 Å². The number of fused-ring (bicyclic) bond motifs is 2. The molecule has 42 heavy (non-hydrogen) atoms. The van der Waals surface area contributed by atoms with Gasteiger partial charge in [-0.3, -0.25) is 9.36 Å². The second-order valence-electron chi connectivity index (χ2n) is 10.7. The summed E-state index contributed by atoms with van der Waals surface area (Å²) >= 11 is 0. The van der Waals surface area contributed by atoms with E-state index >= 15 is 0 Å². The van der Waals surface area contributed by atoms with Crippen LogP contribution >= 0.6 is 0 Å². The van der Waals surface area contributed by atoms with E-state index in [2.05, 4.69) is 11.0 Å². The van der Waals surface area contributed by atoms with Gasteiger partial charge in [0.15, 0.2) is 6.04 Å². The Labute approximate surface area is 241 Å². The topological polar surface area (TPSA) is 54.8 Å². The zero-order valence-electron chi connectivity index (χ0n) is 23.1. The third kappa shape index (κ3) is 5.15. The fraction of sp³-hybridized carbons (Fsp3) is 0.273. The van der Waals surface area contributed by atoms with Crippen molar-refractivity contribution in [3.05, 3.63) is 118 Å². The predicted molar refractivity (Wildman–Crippen MR) is 155 cm³/mol. The normalized spacial score (nSPS) is 16.2. The van der Waals surface area contributed by atoms with Crippen LogP contribution in [0.15, 0.2) is 89.7 Å². The lowest BCUT2D eigenvalue weighted by Crippen LogP contribution is -2.32. The molecule has 2 aliphatic heterocycles. The molecule has 0 saturated carbocycles. The van der Waals surface area contributed by atoms with E-state index in [1.165, 1.54) is 29.4 Å². The van der Waals surface area contributed by atoms with Gasteiger partial charge < -0.3 is 14.5 Å². The van der Waals surface area contributed by atoms with Crippen molar-refractivity contribution in [3.63, 3.8) is 0 Å². The first-order valence-electron chi connectivity index (χ1n) is 13.9. The van der Waals surface area contributed by atoms with Crippen LogP contribution in [0.3, 0.4) is 0 Å². The number of pyridine rings is 1. The molecule has 6 rings (SSSR count). The summed E-state index contributed by atoms with van der Waals surface area (Å²) < 4.78 is 48.2. The van der Waals surface area contributed by atoms with Gasteiger partial charge in [0.05, 0.1) is 19.2 Å². The molecule has 4 aromatic rings. The molecule has 3 heterocycles. The Balaban J connectivity index is 1.58. The lowest BCUT2D eigenvalue weighted by molar-refractivity contribution is -0.144. The number of carbonyl (C=O) groups is 1. The van der Waals surface area contributed by atoms with Gasteiger partial charge in [-0.15, -0.1) is 0 Å². The zero-order valence-corrected chi connectivity index (χ0v) is 23.1. The van der Waals surface area contributed by atoms with Gasteiger partial charge in [-0.1, -0.05) is 60.7 Å². The maximum absolute atomic E-state index is 13.9. The molecule has 0 spiro atoms. The number of esters is 1. The molecule has 3 aromatic carbocycles. The number of aromatic nitrogens is 1. The predicted octanol–water partition coefficient (Wildman–Crippen LogP) is 6.22. The fourth-order valence-electron chi connectivity index (χ4n) is 6.18. The number of hydrogen-bond acceptors (Lipinski definition) is 5. The number of benzene rings is 3. The Morgan fingerprint density at radius 3 is 2.45 bits per heavy atom. The highest BCUT2D eigenvalue weighted by molar-refractivity contribution is 5.85. The van der Waals surface area contributed by atoms with E-state index in [-0.39, 0.29) is 6.54 Å². The van der Waals surface area contributed by atoms with E-state index in [1.807, 2.05) is 53.4 Å². The molecule has 1 unspecified atom stereocenters. The van der Waals surface area contributed by atoms with Gasteiger partial charge in [-0.25, -0.2) is 4.79 Å². The number of para-hydroxylation sites is 1. The average Bonchev–Trinajstić information content (AvgIpc) is 3.36. The summed E-state index contributed by atoms with van der Waals surface area (Å²) in [5, 5.41) is 0. The second kappa shape index (κ2) is 11.0. The first kappa shape index (κ1) is 27.6. The molecule has 2 aliphatic rings. The molecule has 0 N–H and O–H groups in total. The summed E-state index contributed by atoms with van der Waals surface area (Å²) in [6.07, 6.45) is -2.69. The number of halogens is 3. The van der Waals surface area contributed by atoms with Crippen molar-refractivity contribution >= 4 is 17.5 Å². The van der Waals surface area contributed by atoms with Crippen LogP contribution in [0.25, 0.3) is 11.1 Å². The largest absolute Gasteiger partial charge is 0.467 e. The van der Waals surface area contributed by atoms with Crippen LogP contribution < -0.4 is 15.4 Å².